The van der Waals surface area contributed by atoms with Crippen LogP contribution in [0.1, 0.15) is 21.7 Å². The third-order valence-corrected chi connectivity index (χ3v) is 2.42. The molecular weight excluding hydrogens is 244 g/mol. The largest absolute Gasteiger partial charge is 0.487 e. The Labute approximate surface area is 102 Å². The topological polar surface area (TPSA) is 65.2 Å². The number of rotatable bonds is 4. The summed E-state index contributed by atoms with van der Waals surface area (Å²) < 4.78 is 9.99. The lowest BCUT2D eigenvalue weighted by Crippen LogP contribution is -1.98. The Bertz CT molecular complexity index is 522. The van der Waals surface area contributed by atoms with Crippen molar-refractivity contribution in [2.75, 3.05) is 0 Å². The molecular formula is C11H9ClN2O3. The lowest BCUT2D eigenvalue weighted by Gasteiger charge is -2.03. The van der Waals surface area contributed by atoms with Crippen LogP contribution in [-0.4, -0.2) is 15.6 Å². The van der Waals surface area contributed by atoms with E-state index < -0.39 is 5.24 Å². The number of carbonyl (C=O) groups is 1. The molecule has 0 saturated heterocycles. The monoisotopic (exact) mass is 252 g/mol. The summed E-state index contributed by atoms with van der Waals surface area (Å²) in [5.74, 6) is 0.620. The number of benzene rings is 1. The molecule has 17 heavy (non-hydrogen) atoms. The van der Waals surface area contributed by atoms with Gasteiger partial charge in [-0.2, -0.15) is 0 Å². The van der Waals surface area contributed by atoms with Gasteiger partial charge >= 0.3 is 0 Å². The molecule has 0 amide bonds. The second-order valence-electron chi connectivity index (χ2n) is 3.38. The minimum Gasteiger partial charge on any atom is -0.487 e. The molecule has 0 saturated carbocycles. The van der Waals surface area contributed by atoms with E-state index in [9.17, 15) is 4.79 Å². The van der Waals surface area contributed by atoms with Gasteiger partial charge in [0.15, 0.2) is 0 Å². The molecule has 2 aromatic rings. The van der Waals surface area contributed by atoms with Crippen LogP contribution < -0.4 is 4.74 Å². The third-order valence-electron chi connectivity index (χ3n) is 2.20. The maximum absolute atomic E-state index is 10.8. The molecule has 1 aromatic heterocycles. The van der Waals surface area contributed by atoms with E-state index in [0.29, 0.717) is 22.7 Å². The summed E-state index contributed by atoms with van der Waals surface area (Å²) in [6.45, 7) is 2.05. The van der Waals surface area contributed by atoms with Crippen LogP contribution in [0.2, 0.25) is 0 Å². The van der Waals surface area contributed by atoms with Crippen molar-refractivity contribution < 1.29 is 14.2 Å². The van der Waals surface area contributed by atoms with Crippen LogP contribution in [0.15, 0.2) is 28.9 Å². The van der Waals surface area contributed by atoms with Gasteiger partial charge in [-0.25, -0.2) is 4.63 Å². The van der Waals surface area contributed by atoms with Crippen LogP contribution in [0.4, 0.5) is 0 Å². The minimum absolute atomic E-state index is 0.267. The molecule has 0 aliphatic carbocycles. The maximum atomic E-state index is 10.8. The Hall–Kier alpha value is -1.88. The van der Waals surface area contributed by atoms with E-state index in [2.05, 4.69) is 14.9 Å². The average Bonchev–Trinajstić information content (AvgIpc) is 2.73. The van der Waals surface area contributed by atoms with Crippen LogP contribution in [-0.2, 0) is 6.61 Å². The van der Waals surface area contributed by atoms with Crippen LogP contribution in [0.25, 0.3) is 0 Å². The molecule has 6 heteroatoms. The van der Waals surface area contributed by atoms with Crippen LogP contribution in [0.5, 0.6) is 5.75 Å². The zero-order valence-corrected chi connectivity index (χ0v) is 9.77. The number of aryl methyl sites for hydroxylation is 1. The molecule has 0 fully saturated rings. The molecule has 0 aliphatic heterocycles. The van der Waals surface area contributed by atoms with Crippen molar-refractivity contribution in [1.29, 1.82) is 0 Å². The van der Waals surface area contributed by atoms with Gasteiger partial charge in [-0.3, -0.25) is 4.79 Å². The van der Waals surface area contributed by atoms with Crippen molar-refractivity contribution in [2.45, 2.75) is 13.5 Å². The first kappa shape index (κ1) is 11.6. The number of hydrogen-bond acceptors (Lipinski definition) is 5. The number of aromatic nitrogens is 2. The molecule has 1 heterocycles. The summed E-state index contributed by atoms with van der Waals surface area (Å²) in [5, 5.41) is 6.84. The summed E-state index contributed by atoms with van der Waals surface area (Å²) in [4.78, 5) is 10.8. The Kier molecular flexibility index (Phi) is 3.39. The van der Waals surface area contributed by atoms with Gasteiger partial charge in [0, 0.05) is 5.56 Å². The second-order valence-corrected chi connectivity index (χ2v) is 3.73. The standard InChI is InChI=1S/C11H9ClN2O3/c1-7-10(14-17-13-7)6-16-9-4-2-8(3-5-9)11(12)15/h2-5H,6H2,1H3. The summed E-state index contributed by atoms with van der Waals surface area (Å²) in [7, 11) is 0. The van der Waals surface area contributed by atoms with Gasteiger partial charge < -0.3 is 4.74 Å². The molecule has 0 radical (unpaired) electrons. The molecule has 0 bridgehead atoms. The van der Waals surface area contributed by atoms with Gasteiger partial charge in [-0.05, 0) is 42.8 Å². The number of nitrogens with zero attached hydrogens (tertiary/aromatic N) is 2. The van der Waals surface area contributed by atoms with Gasteiger partial charge in [0.2, 0.25) is 0 Å². The molecule has 0 aliphatic rings. The number of ether oxygens (including phenoxy) is 1. The molecule has 0 N–H and O–H groups in total. The fourth-order valence-corrected chi connectivity index (χ4v) is 1.34. The van der Waals surface area contributed by atoms with E-state index >= 15 is 0 Å². The highest BCUT2D eigenvalue weighted by Crippen LogP contribution is 2.15. The zero-order chi connectivity index (χ0) is 12.3. The molecule has 0 unspecified atom stereocenters. The molecule has 0 spiro atoms. The SMILES string of the molecule is Cc1nonc1COc1ccc(C(=O)Cl)cc1. The van der Waals surface area contributed by atoms with Crippen LogP contribution in [0, 0.1) is 6.92 Å². The average molecular weight is 253 g/mol. The predicted molar refractivity (Wildman–Crippen MR) is 60.0 cm³/mol. The van der Waals surface area contributed by atoms with Crippen LogP contribution >= 0.6 is 11.6 Å². The van der Waals surface area contributed by atoms with E-state index in [1.165, 1.54) is 0 Å². The fourth-order valence-electron chi connectivity index (χ4n) is 1.21. The normalized spacial score (nSPS) is 10.2. The highest BCUT2D eigenvalue weighted by Gasteiger charge is 2.06. The number of carbonyl (C=O) groups excluding carboxylic acids is 1. The lowest BCUT2D eigenvalue weighted by molar-refractivity contribution is 0.108. The second kappa shape index (κ2) is 4.97. The zero-order valence-electron chi connectivity index (χ0n) is 9.01. The van der Waals surface area contributed by atoms with E-state index in [-0.39, 0.29) is 6.61 Å². The predicted octanol–water partition coefficient (Wildman–Crippen LogP) is 2.34. The highest BCUT2D eigenvalue weighted by molar-refractivity contribution is 6.67. The van der Waals surface area contributed by atoms with Crippen molar-refractivity contribution in [3.63, 3.8) is 0 Å². The first-order valence-electron chi connectivity index (χ1n) is 4.87. The van der Waals surface area contributed by atoms with E-state index in [0.717, 1.165) is 0 Å². The Morgan fingerprint density at radius 2 is 2.06 bits per heavy atom. The smallest absolute Gasteiger partial charge is 0.252 e. The fraction of sp³-hybridized carbons (Fsp3) is 0.182. The van der Waals surface area contributed by atoms with E-state index in [1.54, 1.807) is 31.2 Å². The molecule has 88 valence electrons. The van der Waals surface area contributed by atoms with Gasteiger partial charge in [-0.1, -0.05) is 10.3 Å². The number of halogens is 1. The molecule has 0 atom stereocenters. The Morgan fingerprint density at radius 3 is 2.59 bits per heavy atom. The number of hydrogen-bond donors (Lipinski definition) is 0. The summed E-state index contributed by atoms with van der Waals surface area (Å²) in [6, 6.07) is 6.52. The van der Waals surface area contributed by atoms with Crippen molar-refractivity contribution >= 4 is 16.8 Å². The third kappa shape index (κ3) is 2.82. The molecule has 1 aromatic carbocycles. The van der Waals surface area contributed by atoms with E-state index in [4.69, 9.17) is 16.3 Å². The summed E-state index contributed by atoms with van der Waals surface area (Å²) in [6.07, 6.45) is 0. The minimum atomic E-state index is -0.493. The van der Waals surface area contributed by atoms with Gasteiger partial charge in [0.1, 0.15) is 23.7 Å². The summed E-state index contributed by atoms with van der Waals surface area (Å²) >= 11 is 5.32. The van der Waals surface area contributed by atoms with Crippen molar-refractivity contribution in [3.8, 4) is 5.75 Å². The lowest BCUT2D eigenvalue weighted by atomic mass is 10.2. The van der Waals surface area contributed by atoms with Crippen molar-refractivity contribution in [2.24, 2.45) is 0 Å². The maximum Gasteiger partial charge on any atom is 0.252 e. The Balaban J connectivity index is 2.00. The highest BCUT2D eigenvalue weighted by atomic mass is 35.5. The van der Waals surface area contributed by atoms with E-state index in [1.807, 2.05) is 0 Å². The molecule has 2 rings (SSSR count). The Morgan fingerprint density at radius 1 is 1.35 bits per heavy atom. The quantitative estimate of drug-likeness (QED) is 0.782. The van der Waals surface area contributed by atoms with Gasteiger partial charge in [-0.15, -0.1) is 0 Å². The van der Waals surface area contributed by atoms with Gasteiger partial charge in [0.05, 0.1) is 0 Å². The summed E-state index contributed by atoms with van der Waals surface area (Å²) in [5.41, 5.74) is 1.76. The van der Waals surface area contributed by atoms with Gasteiger partial charge in [0.25, 0.3) is 5.24 Å². The first-order valence-corrected chi connectivity index (χ1v) is 5.25. The first-order chi connectivity index (χ1) is 8.16. The van der Waals surface area contributed by atoms with Crippen molar-refractivity contribution in [3.05, 3.63) is 41.2 Å². The van der Waals surface area contributed by atoms with Crippen LogP contribution in [0.3, 0.4) is 0 Å². The van der Waals surface area contributed by atoms with Crippen molar-refractivity contribution in [1.82, 2.24) is 10.3 Å². The molecule has 5 nitrogen and oxygen atoms in total.